The average molecular weight is 389 g/mol. The lowest BCUT2D eigenvalue weighted by atomic mass is 10.1. The van der Waals surface area contributed by atoms with Gasteiger partial charge in [-0.25, -0.2) is 9.59 Å². The van der Waals surface area contributed by atoms with Crippen molar-refractivity contribution in [3.8, 4) is 0 Å². The number of benzene rings is 1. The Bertz CT molecular complexity index is 684. The third-order valence-corrected chi connectivity index (χ3v) is 2.81. The van der Waals surface area contributed by atoms with Crippen molar-refractivity contribution in [1.29, 1.82) is 0 Å². The summed E-state index contributed by atoms with van der Waals surface area (Å²) in [6.07, 6.45) is -7.17. The number of hydrogen-bond donors (Lipinski definition) is 0. The first-order valence-electron chi connectivity index (χ1n) is 7.99. The summed E-state index contributed by atoms with van der Waals surface area (Å²) in [5.41, 5.74) is -3.31. The highest BCUT2D eigenvalue weighted by Gasteiger charge is 2.37. The van der Waals surface area contributed by atoms with E-state index >= 15 is 0 Å². The monoisotopic (exact) mass is 389 g/mol. The maximum atomic E-state index is 12.7. The molecule has 0 spiro atoms. The molecule has 0 fully saturated rings. The van der Waals surface area contributed by atoms with Crippen molar-refractivity contribution in [2.75, 3.05) is 0 Å². The highest BCUT2D eigenvalue weighted by atomic mass is 19.4. The second kappa shape index (κ2) is 7.58. The Balaban J connectivity index is 3.23. The summed E-state index contributed by atoms with van der Waals surface area (Å²) >= 11 is 0. The minimum Gasteiger partial charge on any atom is -0.443 e. The zero-order valence-corrected chi connectivity index (χ0v) is 15.9. The molecule has 27 heavy (non-hydrogen) atoms. The largest absolute Gasteiger partial charge is 0.443 e. The van der Waals surface area contributed by atoms with Crippen molar-refractivity contribution in [2.24, 2.45) is 0 Å². The van der Waals surface area contributed by atoms with E-state index < -0.39 is 41.0 Å². The minimum atomic E-state index is -4.59. The summed E-state index contributed by atoms with van der Waals surface area (Å²) in [6.45, 7) is 9.17. The molecule has 0 heterocycles. The number of ether oxygens (including phenoxy) is 2. The van der Waals surface area contributed by atoms with Gasteiger partial charge in [0, 0.05) is 5.56 Å². The van der Waals surface area contributed by atoms with Gasteiger partial charge in [-0.3, -0.25) is 4.79 Å². The van der Waals surface area contributed by atoms with E-state index in [1.807, 2.05) is 0 Å². The fraction of sp³-hybridized carbons (Fsp3) is 0.500. The zero-order valence-electron chi connectivity index (χ0n) is 15.9. The van der Waals surface area contributed by atoms with Crippen LogP contribution in [0.3, 0.4) is 0 Å². The summed E-state index contributed by atoms with van der Waals surface area (Å²) in [5, 5.41) is 0. The Morgan fingerprint density at radius 3 is 1.44 bits per heavy atom. The van der Waals surface area contributed by atoms with E-state index in [2.05, 4.69) is 0 Å². The fourth-order valence-electron chi connectivity index (χ4n) is 1.79. The lowest BCUT2D eigenvalue weighted by molar-refractivity contribution is -0.137. The molecule has 6 nitrogen and oxygen atoms in total. The van der Waals surface area contributed by atoms with Crippen LogP contribution in [0.2, 0.25) is 0 Å². The molecule has 0 unspecified atom stereocenters. The SMILES string of the molecule is CC(C)(C)OC(=O)N(C(=O)OC(C)(C)C)C(=O)c1ccc(C(F)(F)F)cc1. The Labute approximate surface area is 155 Å². The van der Waals surface area contributed by atoms with Gasteiger partial charge < -0.3 is 9.47 Å². The van der Waals surface area contributed by atoms with Gasteiger partial charge in [-0.15, -0.1) is 4.90 Å². The van der Waals surface area contributed by atoms with Gasteiger partial charge in [0.05, 0.1) is 5.56 Å². The number of rotatable bonds is 1. The third kappa shape index (κ3) is 6.92. The molecule has 0 saturated carbocycles. The molecule has 150 valence electrons. The molecule has 1 aromatic rings. The van der Waals surface area contributed by atoms with Crippen molar-refractivity contribution in [3.63, 3.8) is 0 Å². The van der Waals surface area contributed by atoms with Gasteiger partial charge in [0.15, 0.2) is 0 Å². The quantitative estimate of drug-likeness (QED) is 0.674. The van der Waals surface area contributed by atoms with Crippen LogP contribution in [0, 0.1) is 0 Å². The van der Waals surface area contributed by atoms with Crippen LogP contribution in [-0.2, 0) is 15.7 Å². The van der Waals surface area contributed by atoms with Gasteiger partial charge >= 0.3 is 18.4 Å². The van der Waals surface area contributed by atoms with Crippen molar-refractivity contribution in [2.45, 2.75) is 58.9 Å². The predicted molar refractivity (Wildman–Crippen MR) is 90.1 cm³/mol. The molecule has 0 saturated heterocycles. The fourth-order valence-corrected chi connectivity index (χ4v) is 1.79. The molecule has 0 aromatic heterocycles. The normalized spacial score (nSPS) is 12.3. The molecule has 0 aliphatic carbocycles. The molecule has 0 atom stereocenters. The number of alkyl halides is 3. The molecule has 0 N–H and O–H groups in total. The van der Waals surface area contributed by atoms with E-state index in [-0.39, 0.29) is 10.5 Å². The molecule has 3 amide bonds. The van der Waals surface area contributed by atoms with Crippen molar-refractivity contribution >= 4 is 18.1 Å². The van der Waals surface area contributed by atoms with E-state index in [4.69, 9.17) is 9.47 Å². The van der Waals surface area contributed by atoms with E-state index in [1.54, 1.807) is 0 Å². The highest BCUT2D eigenvalue weighted by molar-refractivity contribution is 6.13. The van der Waals surface area contributed by atoms with Gasteiger partial charge in [-0.2, -0.15) is 13.2 Å². The summed E-state index contributed by atoms with van der Waals surface area (Å²) < 4.78 is 48.1. The number of carbonyl (C=O) groups is 3. The number of amides is 3. The molecular weight excluding hydrogens is 367 g/mol. The Morgan fingerprint density at radius 2 is 1.15 bits per heavy atom. The molecule has 9 heteroatoms. The lowest BCUT2D eigenvalue weighted by Crippen LogP contribution is -2.46. The van der Waals surface area contributed by atoms with Gasteiger partial charge in [-0.05, 0) is 65.8 Å². The van der Waals surface area contributed by atoms with Gasteiger partial charge in [-0.1, -0.05) is 0 Å². The van der Waals surface area contributed by atoms with E-state index in [9.17, 15) is 27.6 Å². The number of hydrogen-bond acceptors (Lipinski definition) is 5. The standard InChI is InChI=1S/C18H22F3NO5/c1-16(2,3)26-14(24)22(15(25)27-17(4,5)6)13(23)11-7-9-12(10-8-11)18(19,20)21/h7-10H,1-6H3. The van der Waals surface area contributed by atoms with Crippen LogP contribution in [-0.4, -0.2) is 34.2 Å². The van der Waals surface area contributed by atoms with Crippen molar-refractivity contribution in [3.05, 3.63) is 35.4 Å². The van der Waals surface area contributed by atoms with Crippen LogP contribution in [0.15, 0.2) is 24.3 Å². The van der Waals surface area contributed by atoms with Crippen LogP contribution < -0.4 is 0 Å². The first kappa shape index (κ1) is 22.5. The van der Waals surface area contributed by atoms with Gasteiger partial charge in [0.2, 0.25) is 0 Å². The smallest absolute Gasteiger partial charge is 0.427 e. The second-order valence-corrected chi connectivity index (χ2v) is 7.68. The summed E-state index contributed by atoms with van der Waals surface area (Å²) in [6, 6.07) is 3.09. The summed E-state index contributed by atoms with van der Waals surface area (Å²) in [4.78, 5) is 37.4. The van der Waals surface area contributed by atoms with Crippen LogP contribution in [0.25, 0.3) is 0 Å². The highest BCUT2D eigenvalue weighted by Crippen LogP contribution is 2.29. The van der Waals surface area contributed by atoms with Crippen LogP contribution >= 0.6 is 0 Å². The first-order chi connectivity index (χ1) is 12.0. The van der Waals surface area contributed by atoms with Gasteiger partial charge in [0.25, 0.3) is 5.91 Å². The Hall–Kier alpha value is -2.58. The molecule has 0 bridgehead atoms. The van der Waals surface area contributed by atoms with Crippen molar-refractivity contribution < 1.29 is 37.0 Å². The van der Waals surface area contributed by atoms with E-state index in [1.165, 1.54) is 41.5 Å². The minimum absolute atomic E-state index is 0.124. The Morgan fingerprint density at radius 1 is 0.778 bits per heavy atom. The second-order valence-electron chi connectivity index (χ2n) is 7.68. The molecule has 0 aliphatic heterocycles. The number of nitrogens with zero attached hydrogens (tertiary/aromatic N) is 1. The Kier molecular flexibility index (Phi) is 6.30. The maximum Gasteiger partial charge on any atom is 0.427 e. The summed E-state index contributed by atoms with van der Waals surface area (Å²) in [7, 11) is 0. The third-order valence-electron chi connectivity index (χ3n) is 2.81. The predicted octanol–water partition coefficient (Wildman–Crippen LogP) is 5.02. The van der Waals surface area contributed by atoms with E-state index in [0.29, 0.717) is 12.1 Å². The molecule has 1 rings (SSSR count). The van der Waals surface area contributed by atoms with Crippen molar-refractivity contribution in [1.82, 2.24) is 4.90 Å². The maximum absolute atomic E-state index is 12.7. The molecular formula is C18H22F3NO5. The molecule has 0 radical (unpaired) electrons. The van der Waals surface area contributed by atoms with Crippen LogP contribution in [0.5, 0.6) is 0 Å². The topological polar surface area (TPSA) is 72.9 Å². The first-order valence-corrected chi connectivity index (χ1v) is 7.99. The lowest BCUT2D eigenvalue weighted by Gasteiger charge is -2.27. The number of carbonyl (C=O) groups excluding carboxylic acids is 3. The van der Waals surface area contributed by atoms with Crippen LogP contribution in [0.1, 0.15) is 57.5 Å². The van der Waals surface area contributed by atoms with E-state index in [0.717, 1.165) is 12.1 Å². The molecule has 0 aliphatic rings. The average Bonchev–Trinajstić information content (AvgIpc) is 2.42. The number of imide groups is 3. The molecule has 1 aromatic carbocycles. The summed E-state index contributed by atoms with van der Waals surface area (Å²) in [5.74, 6) is -1.16. The van der Waals surface area contributed by atoms with Crippen LogP contribution in [0.4, 0.5) is 22.8 Å². The van der Waals surface area contributed by atoms with Gasteiger partial charge in [0.1, 0.15) is 11.2 Å². The number of halogens is 3. The zero-order chi connectivity index (χ0) is 21.2.